The molecule has 3 rings (SSSR count). The first-order valence-corrected chi connectivity index (χ1v) is 7.52. The van der Waals surface area contributed by atoms with Gasteiger partial charge in [0.15, 0.2) is 0 Å². The Balaban J connectivity index is 2.08. The van der Waals surface area contributed by atoms with Gasteiger partial charge in [0.05, 0.1) is 16.7 Å². The normalized spacial score (nSPS) is 18.6. The number of halogens is 2. The number of benzene rings is 1. The summed E-state index contributed by atoms with van der Waals surface area (Å²) in [6, 6.07) is 5.37. The van der Waals surface area contributed by atoms with Crippen LogP contribution in [-0.2, 0) is 4.79 Å². The topological polar surface area (TPSA) is 29.1 Å². The minimum atomic E-state index is -0.597. The molecule has 1 aromatic heterocycles. The van der Waals surface area contributed by atoms with Crippen molar-refractivity contribution in [3.63, 3.8) is 0 Å². The van der Waals surface area contributed by atoms with E-state index in [-0.39, 0.29) is 16.9 Å². The number of hydrogen-bond acceptors (Lipinski definition) is 3. The third kappa shape index (κ3) is 2.37. The molecule has 1 atom stereocenters. The Morgan fingerprint density at radius 1 is 1.26 bits per heavy atom. The van der Waals surface area contributed by atoms with Crippen molar-refractivity contribution in [3.8, 4) is 0 Å². The quantitative estimate of drug-likeness (QED) is 0.867. The summed E-state index contributed by atoms with van der Waals surface area (Å²) < 4.78 is 26.9. The molecule has 1 N–H and O–H groups in total. The van der Waals surface area contributed by atoms with E-state index >= 15 is 0 Å². The Labute approximate surface area is 116 Å². The molecule has 2 heterocycles. The van der Waals surface area contributed by atoms with Crippen LogP contribution in [0, 0.1) is 11.6 Å². The molecule has 19 heavy (non-hydrogen) atoms. The maximum absolute atomic E-state index is 13.9. The first-order chi connectivity index (χ1) is 9.15. The van der Waals surface area contributed by atoms with Crippen molar-refractivity contribution in [2.75, 3.05) is 11.1 Å². The van der Waals surface area contributed by atoms with Gasteiger partial charge in [0.1, 0.15) is 11.6 Å². The van der Waals surface area contributed by atoms with Gasteiger partial charge in [0.25, 0.3) is 0 Å². The van der Waals surface area contributed by atoms with Gasteiger partial charge in [-0.2, -0.15) is 0 Å². The van der Waals surface area contributed by atoms with Crippen LogP contribution in [0.4, 0.5) is 14.5 Å². The highest BCUT2D eigenvalue weighted by atomic mass is 32.2. The molecule has 2 nitrogen and oxygen atoms in total. The Morgan fingerprint density at radius 3 is 2.89 bits per heavy atom. The standard InChI is InChI=1S/C13H9F2NOS2/c14-7-1-2-8(9(15)5-7)12-13-10(3-4-18-13)16-11(17)6-19-12/h1-5,12H,6H2,(H,16,17)/t12-/m1/s1. The Bertz CT molecular complexity index is 641. The Hall–Kier alpha value is -1.40. The molecule has 1 amide bonds. The summed E-state index contributed by atoms with van der Waals surface area (Å²) in [4.78, 5) is 12.5. The summed E-state index contributed by atoms with van der Waals surface area (Å²) in [5.74, 6) is -1.02. The van der Waals surface area contributed by atoms with Crippen LogP contribution >= 0.6 is 23.1 Å². The monoisotopic (exact) mass is 297 g/mol. The van der Waals surface area contributed by atoms with Crippen molar-refractivity contribution in [2.45, 2.75) is 5.25 Å². The van der Waals surface area contributed by atoms with Gasteiger partial charge in [0.2, 0.25) is 5.91 Å². The van der Waals surface area contributed by atoms with Crippen molar-refractivity contribution < 1.29 is 13.6 Å². The smallest absolute Gasteiger partial charge is 0.234 e. The fourth-order valence-electron chi connectivity index (χ4n) is 1.99. The summed E-state index contributed by atoms with van der Waals surface area (Å²) >= 11 is 2.81. The summed E-state index contributed by atoms with van der Waals surface area (Å²) in [5, 5.41) is 4.36. The average Bonchev–Trinajstić information content (AvgIpc) is 2.74. The summed E-state index contributed by atoms with van der Waals surface area (Å²) in [5.41, 5.74) is 1.13. The molecular formula is C13H9F2NOS2. The average molecular weight is 297 g/mol. The van der Waals surface area contributed by atoms with E-state index in [2.05, 4.69) is 5.32 Å². The molecule has 0 bridgehead atoms. The number of amides is 1. The summed E-state index contributed by atoms with van der Waals surface area (Å²) in [7, 11) is 0. The van der Waals surface area contributed by atoms with Crippen molar-refractivity contribution in [2.24, 2.45) is 0 Å². The molecule has 0 radical (unpaired) electrons. The zero-order valence-electron chi connectivity index (χ0n) is 9.65. The van der Waals surface area contributed by atoms with Crippen molar-refractivity contribution in [3.05, 3.63) is 51.7 Å². The van der Waals surface area contributed by atoms with Gasteiger partial charge in [-0.05, 0) is 17.5 Å². The fraction of sp³-hybridized carbons (Fsp3) is 0.154. The van der Waals surface area contributed by atoms with E-state index in [0.717, 1.165) is 10.9 Å². The highest BCUT2D eigenvalue weighted by molar-refractivity contribution is 8.00. The van der Waals surface area contributed by atoms with Crippen molar-refractivity contribution >= 4 is 34.7 Å². The van der Waals surface area contributed by atoms with E-state index in [4.69, 9.17) is 0 Å². The van der Waals surface area contributed by atoms with E-state index in [9.17, 15) is 13.6 Å². The van der Waals surface area contributed by atoms with Gasteiger partial charge in [-0.3, -0.25) is 4.79 Å². The van der Waals surface area contributed by atoms with Gasteiger partial charge in [-0.1, -0.05) is 6.07 Å². The predicted molar refractivity (Wildman–Crippen MR) is 73.6 cm³/mol. The molecule has 0 unspecified atom stereocenters. The van der Waals surface area contributed by atoms with E-state index in [1.165, 1.54) is 35.2 Å². The van der Waals surface area contributed by atoms with Crippen LogP contribution in [-0.4, -0.2) is 11.7 Å². The lowest BCUT2D eigenvalue weighted by atomic mass is 10.1. The van der Waals surface area contributed by atoms with Crippen LogP contribution in [0.15, 0.2) is 29.6 Å². The molecule has 98 valence electrons. The van der Waals surface area contributed by atoms with Crippen LogP contribution in [0.5, 0.6) is 0 Å². The largest absolute Gasteiger partial charge is 0.324 e. The lowest BCUT2D eigenvalue weighted by molar-refractivity contribution is -0.113. The third-order valence-corrected chi connectivity index (χ3v) is 5.22. The first-order valence-electron chi connectivity index (χ1n) is 5.59. The molecule has 0 saturated carbocycles. The van der Waals surface area contributed by atoms with Crippen LogP contribution in [0.25, 0.3) is 0 Å². The van der Waals surface area contributed by atoms with E-state index in [1.54, 1.807) is 6.07 Å². The number of fused-ring (bicyclic) bond motifs is 1. The second-order valence-corrected chi connectivity index (χ2v) is 6.14. The van der Waals surface area contributed by atoms with Gasteiger partial charge in [0, 0.05) is 16.5 Å². The molecule has 1 aromatic carbocycles. The maximum Gasteiger partial charge on any atom is 0.234 e. The molecule has 0 spiro atoms. The highest BCUT2D eigenvalue weighted by Gasteiger charge is 2.27. The third-order valence-electron chi connectivity index (χ3n) is 2.83. The predicted octanol–water partition coefficient (Wildman–Crippen LogP) is 3.80. The van der Waals surface area contributed by atoms with Gasteiger partial charge in [-0.15, -0.1) is 23.1 Å². The number of hydrogen-bond donors (Lipinski definition) is 1. The second-order valence-electron chi connectivity index (χ2n) is 4.10. The van der Waals surface area contributed by atoms with Crippen LogP contribution in [0.1, 0.15) is 15.7 Å². The molecule has 1 aliphatic rings. The number of thioether (sulfide) groups is 1. The second kappa shape index (κ2) is 4.94. The zero-order chi connectivity index (χ0) is 13.4. The van der Waals surface area contributed by atoms with Gasteiger partial charge in [-0.25, -0.2) is 8.78 Å². The summed E-state index contributed by atoms with van der Waals surface area (Å²) in [6.45, 7) is 0. The molecule has 0 saturated heterocycles. The zero-order valence-corrected chi connectivity index (χ0v) is 11.3. The number of nitrogens with one attached hydrogen (secondary N) is 1. The molecule has 6 heteroatoms. The van der Waals surface area contributed by atoms with Gasteiger partial charge >= 0.3 is 0 Å². The van der Waals surface area contributed by atoms with Crippen LogP contribution < -0.4 is 5.32 Å². The fourth-order valence-corrected chi connectivity index (χ4v) is 4.25. The minimum Gasteiger partial charge on any atom is -0.324 e. The molecular weight excluding hydrogens is 288 g/mol. The SMILES string of the molecule is O=C1CS[C@H](c2ccc(F)cc2F)c2sccc2N1. The Morgan fingerprint density at radius 2 is 2.11 bits per heavy atom. The van der Waals surface area contributed by atoms with E-state index in [1.807, 2.05) is 5.38 Å². The lowest BCUT2D eigenvalue weighted by Gasteiger charge is -2.14. The number of carbonyl (C=O) groups is 1. The number of rotatable bonds is 1. The molecule has 1 aliphatic heterocycles. The molecule has 2 aromatic rings. The first kappa shape index (κ1) is 12.6. The van der Waals surface area contributed by atoms with Crippen molar-refractivity contribution in [1.29, 1.82) is 0 Å². The number of anilines is 1. The number of thiophene rings is 1. The molecule has 0 aliphatic carbocycles. The van der Waals surface area contributed by atoms with E-state index in [0.29, 0.717) is 11.3 Å². The van der Waals surface area contributed by atoms with Crippen LogP contribution in [0.3, 0.4) is 0 Å². The maximum atomic E-state index is 13.9. The molecule has 0 fully saturated rings. The van der Waals surface area contributed by atoms with Crippen molar-refractivity contribution in [1.82, 2.24) is 0 Å². The minimum absolute atomic E-state index is 0.102. The van der Waals surface area contributed by atoms with Gasteiger partial charge < -0.3 is 5.32 Å². The Kier molecular flexibility index (Phi) is 3.28. The lowest BCUT2D eigenvalue weighted by Crippen LogP contribution is -2.11. The van der Waals surface area contributed by atoms with E-state index < -0.39 is 11.6 Å². The summed E-state index contributed by atoms with van der Waals surface area (Å²) in [6.07, 6.45) is 0. The number of carbonyl (C=O) groups excluding carboxylic acids is 1. The highest BCUT2D eigenvalue weighted by Crippen LogP contribution is 2.44. The van der Waals surface area contributed by atoms with Crippen LogP contribution in [0.2, 0.25) is 0 Å².